The Morgan fingerprint density at radius 3 is 2.55 bits per heavy atom. The fourth-order valence-corrected chi connectivity index (χ4v) is 2.59. The minimum atomic E-state index is -0.633. The maximum Gasteiger partial charge on any atom is 0.253 e. The first-order chi connectivity index (χ1) is 9.81. The predicted octanol–water partition coefficient (Wildman–Crippen LogP) is 1.84. The van der Waals surface area contributed by atoms with Gasteiger partial charge in [-0.1, -0.05) is 6.07 Å². The number of piperidine rings is 1. The van der Waals surface area contributed by atoms with Gasteiger partial charge in [0, 0.05) is 18.6 Å². The second kappa shape index (κ2) is 8.12. The van der Waals surface area contributed by atoms with Crippen molar-refractivity contribution in [3.05, 3.63) is 42.9 Å². The van der Waals surface area contributed by atoms with Crippen LogP contribution in [0.4, 0.5) is 5.82 Å². The fraction of sp³-hybridized carbons (Fsp3) is 0.357. The molecule has 0 bridgehead atoms. The van der Waals surface area contributed by atoms with E-state index in [4.69, 9.17) is 0 Å². The van der Waals surface area contributed by atoms with Crippen molar-refractivity contribution in [2.24, 2.45) is 0 Å². The van der Waals surface area contributed by atoms with Gasteiger partial charge in [-0.2, -0.15) is 5.10 Å². The van der Waals surface area contributed by atoms with Gasteiger partial charge < -0.3 is 10.6 Å². The van der Waals surface area contributed by atoms with E-state index in [0.717, 1.165) is 13.1 Å². The summed E-state index contributed by atoms with van der Waals surface area (Å²) in [5.41, 5.74) is -0.633. The summed E-state index contributed by atoms with van der Waals surface area (Å²) in [7, 11) is 0. The number of nitrogens with one attached hydrogen (secondary N) is 2. The maximum absolute atomic E-state index is 12.7. The summed E-state index contributed by atoms with van der Waals surface area (Å²) in [4.78, 5) is 16.9. The van der Waals surface area contributed by atoms with Gasteiger partial charge in [0.25, 0.3) is 5.91 Å². The van der Waals surface area contributed by atoms with E-state index in [1.54, 1.807) is 23.1 Å². The van der Waals surface area contributed by atoms with Crippen LogP contribution in [0.3, 0.4) is 0 Å². The molecule has 0 radical (unpaired) electrons. The first-order valence-electron chi connectivity index (χ1n) is 6.75. The van der Waals surface area contributed by atoms with E-state index in [9.17, 15) is 4.79 Å². The summed E-state index contributed by atoms with van der Waals surface area (Å²) in [5, 5.41) is 10.5. The van der Waals surface area contributed by atoms with Gasteiger partial charge in [0.15, 0.2) is 0 Å². The number of aromatic nitrogens is 3. The lowest BCUT2D eigenvalue weighted by molar-refractivity contribution is -0.126. The monoisotopic (exact) mass is 343 g/mol. The molecule has 8 heteroatoms. The molecule has 0 aliphatic carbocycles. The second-order valence-corrected chi connectivity index (χ2v) is 4.90. The summed E-state index contributed by atoms with van der Waals surface area (Å²) >= 11 is 0. The van der Waals surface area contributed by atoms with Crippen LogP contribution in [0.5, 0.6) is 0 Å². The van der Waals surface area contributed by atoms with Gasteiger partial charge in [-0.3, -0.25) is 9.48 Å². The summed E-state index contributed by atoms with van der Waals surface area (Å²) in [6, 6.07) is 7.31. The molecule has 1 amide bonds. The van der Waals surface area contributed by atoms with Crippen LogP contribution in [0, 0.1) is 0 Å². The molecule has 0 aromatic carbocycles. The number of hydrogen-bond donors (Lipinski definition) is 2. The van der Waals surface area contributed by atoms with E-state index in [1.165, 1.54) is 0 Å². The van der Waals surface area contributed by atoms with E-state index in [0.29, 0.717) is 18.7 Å². The zero-order valence-electron chi connectivity index (χ0n) is 11.9. The third-order valence-electron chi connectivity index (χ3n) is 3.70. The third kappa shape index (κ3) is 3.58. The Bertz CT molecular complexity index is 570. The smallest absolute Gasteiger partial charge is 0.253 e. The first-order valence-corrected chi connectivity index (χ1v) is 6.75. The molecule has 0 saturated carbocycles. The summed E-state index contributed by atoms with van der Waals surface area (Å²) < 4.78 is 1.77. The standard InChI is InChI=1S/C14H17N5O.2ClH/c20-13(18-12-4-1-2-7-16-12)14(5-9-15-10-6-14)19-11-3-8-17-19;;/h1-4,7-8,11,15H,5-6,9-10H2,(H,16,18,20);2*1H. The van der Waals surface area contributed by atoms with Crippen molar-refractivity contribution < 1.29 is 4.79 Å². The third-order valence-corrected chi connectivity index (χ3v) is 3.70. The molecule has 6 nitrogen and oxygen atoms in total. The molecule has 1 fully saturated rings. The average molecular weight is 344 g/mol. The molecule has 2 aromatic rings. The number of halogens is 2. The lowest BCUT2D eigenvalue weighted by atomic mass is 9.87. The predicted molar refractivity (Wildman–Crippen MR) is 89.7 cm³/mol. The molecule has 0 atom stereocenters. The highest BCUT2D eigenvalue weighted by Crippen LogP contribution is 2.28. The van der Waals surface area contributed by atoms with Gasteiger partial charge in [-0.25, -0.2) is 4.98 Å². The zero-order valence-corrected chi connectivity index (χ0v) is 13.6. The van der Waals surface area contributed by atoms with Crippen LogP contribution in [-0.4, -0.2) is 33.8 Å². The Balaban J connectivity index is 0.00000121. The number of hydrogen-bond acceptors (Lipinski definition) is 4. The summed E-state index contributed by atoms with van der Waals surface area (Å²) in [6.07, 6.45) is 6.65. The van der Waals surface area contributed by atoms with Crippen LogP contribution in [0.15, 0.2) is 42.9 Å². The minimum Gasteiger partial charge on any atom is -0.317 e. The fourth-order valence-electron chi connectivity index (χ4n) is 2.59. The number of nitrogens with zero attached hydrogens (tertiary/aromatic N) is 3. The number of pyridine rings is 1. The molecule has 120 valence electrons. The number of carbonyl (C=O) groups is 1. The molecule has 1 aliphatic heterocycles. The second-order valence-electron chi connectivity index (χ2n) is 4.90. The molecule has 0 unspecified atom stereocenters. The largest absolute Gasteiger partial charge is 0.317 e. The Hall–Kier alpha value is -1.63. The molecule has 0 spiro atoms. The minimum absolute atomic E-state index is 0. The van der Waals surface area contributed by atoms with E-state index in [-0.39, 0.29) is 30.7 Å². The van der Waals surface area contributed by atoms with Gasteiger partial charge in [0.1, 0.15) is 11.4 Å². The van der Waals surface area contributed by atoms with Crippen molar-refractivity contribution in [1.29, 1.82) is 0 Å². The van der Waals surface area contributed by atoms with Crippen molar-refractivity contribution >= 4 is 36.5 Å². The molecule has 2 aromatic heterocycles. The van der Waals surface area contributed by atoms with Crippen LogP contribution in [0.1, 0.15) is 12.8 Å². The summed E-state index contributed by atoms with van der Waals surface area (Å²) in [5.74, 6) is 0.518. The quantitative estimate of drug-likeness (QED) is 0.891. The zero-order chi connectivity index (χ0) is 13.8. The Morgan fingerprint density at radius 2 is 1.95 bits per heavy atom. The van der Waals surface area contributed by atoms with E-state index >= 15 is 0 Å². The van der Waals surface area contributed by atoms with Gasteiger partial charge in [0.05, 0.1) is 0 Å². The maximum atomic E-state index is 12.7. The van der Waals surface area contributed by atoms with Gasteiger partial charge >= 0.3 is 0 Å². The van der Waals surface area contributed by atoms with Crippen molar-refractivity contribution in [3.8, 4) is 0 Å². The number of carbonyl (C=O) groups excluding carboxylic acids is 1. The SMILES string of the molecule is Cl.Cl.O=C(Nc1ccccn1)C1(n2cccn2)CCNCC1. The van der Waals surface area contributed by atoms with E-state index in [2.05, 4.69) is 20.7 Å². The molecule has 22 heavy (non-hydrogen) atoms. The van der Waals surface area contributed by atoms with Gasteiger partial charge in [0.2, 0.25) is 0 Å². The highest BCUT2D eigenvalue weighted by Gasteiger charge is 2.42. The van der Waals surface area contributed by atoms with Crippen LogP contribution >= 0.6 is 24.8 Å². The van der Waals surface area contributed by atoms with Crippen molar-refractivity contribution in [3.63, 3.8) is 0 Å². The molecule has 3 rings (SSSR count). The molecule has 1 aliphatic rings. The van der Waals surface area contributed by atoms with Crippen molar-refractivity contribution in [2.75, 3.05) is 18.4 Å². The summed E-state index contributed by atoms with van der Waals surface area (Å²) in [6.45, 7) is 1.60. The Kier molecular flexibility index (Phi) is 6.80. The van der Waals surface area contributed by atoms with Crippen LogP contribution in [-0.2, 0) is 10.3 Å². The number of amides is 1. The Morgan fingerprint density at radius 1 is 1.18 bits per heavy atom. The highest BCUT2D eigenvalue weighted by molar-refractivity contribution is 5.96. The normalized spacial score (nSPS) is 16.0. The van der Waals surface area contributed by atoms with Crippen LogP contribution < -0.4 is 10.6 Å². The van der Waals surface area contributed by atoms with Gasteiger partial charge in [-0.05, 0) is 44.1 Å². The van der Waals surface area contributed by atoms with Crippen LogP contribution in [0.25, 0.3) is 0 Å². The average Bonchev–Trinajstić information content (AvgIpc) is 3.04. The van der Waals surface area contributed by atoms with Crippen molar-refractivity contribution in [2.45, 2.75) is 18.4 Å². The van der Waals surface area contributed by atoms with E-state index in [1.807, 2.05) is 24.4 Å². The van der Waals surface area contributed by atoms with E-state index < -0.39 is 5.54 Å². The first kappa shape index (κ1) is 18.4. The molecule has 3 heterocycles. The topological polar surface area (TPSA) is 71.8 Å². The lowest BCUT2D eigenvalue weighted by Gasteiger charge is -2.36. The highest BCUT2D eigenvalue weighted by atomic mass is 35.5. The Labute approximate surface area is 141 Å². The lowest BCUT2D eigenvalue weighted by Crippen LogP contribution is -2.52. The number of rotatable bonds is 3. The molecule has 1 saturated heterocycles. The number of anilines is 1. The molecule has 2 N–H and O–H groups in total. The van der Waals surface area contributed by atoms with Crippen molar-refractivity contribution in [1.82, 2.24) is 20.1 Å². The van der Waals surface area contributed by atoms with Crippen LogP contribution in [0.2, 0.25) is 0 Å². The molecular formula is C14H19Cl2N5O. The van der Waals surface area contributed by atoms with Gasteiger partial charge in [-0.15, -0.1) is 24.8 Å². The molecular weight excluding hydrogens is 325 g/mol.